The topological polar surface area (TPSA) is 85.3 Å². The number of aromatic nitrogens is 2. The van der Waals surface area contributed by atoms with E-state index in [9.17, 15) is 9.59 Å². The lowest BCUT2D eigenvalue weighted by molar-refractivity contribution is -0.116. The van der Waals surface area contributed by atoms with Gasteiger partial charge >= 0.3 is 0 Å². The number of ether oxygens (including phenoxy) is 1. The van der Waals surface area contributed by atoms with Crippen molar-refractivity contribution < 1.29 is 14.3 Å². The highest BCUT2D eigenvalue weighted by molar-refractivity contribution is 6.00. The highest BCUT2D eigenvalue weighted by Crippen LogP contribution is 2.30. The van der Waals surface area contributed by atoms with Crippen LogP contribution in [0.5, 0.6) is 5.75 Å². The van der Waals surface area contributed by atoms with Gasteiger partial charge in [0.05, 0.1) is 25.3 Å². The number of carbonyl (C=O) groups is 2. The van der Waals surface area contributed by atoms with Crippen LogP contribution in [0.15, 0.2) is 48.5 Å². The first-order valence-corrected chi connectivity index (χ1v) is 9.37. The summed E-state index contributed by atoms with van der Waals surface area (Å²) in [6.07, 6.45) is 0.157. The van der Waals surface area contributed by atoms with E-state index in [2.05, 4.69) is 15.7 Å². The van der Waals surface area contributed by atoms with E-state index in [4.69, 9.17) is 4.74 Å². The van der Waals surface area contributed by atoms with Crippen molar-refractivity contribution >= 4 is 17.5 Å². The van der Waals surface area contributed by atoms with Gasteiger partial charge in [-0.1, -0.05) is 18.2 Å². The minimum atomic E-state index is -0.324. The lowest BCUT2D eigenvalue weighted by atomic mass is 10.0. The number of benzene rings is 2. The first-order chi connectivity index (χ1) is 14.0. The summed E-state index contributed by atoms with van der Waals surface area (Å²) in [5.74, 6) is 0.274. The van der Waals surface area contributed by atoms with E-state index in [1.807, 2.05) is 54.9 Å². The van der Waals surface area contributed by atoms with Gasteiger partial charge in [-0.15, -0.1) is 0 Å². The molecule has 148 valence electrons. The second kappa shape index (κ2) is 7.43. The smallest absolute Gasteiger partial charge is 0.252 e. The van der Waals surface area contributed by atoms with Gasteiger partial charge in [-0.25, -0.2) is 4.68 Å². The molecule has 1 aliphatic heterocycles. The Kier molecular flexibility index (Phi) is 4.80. The van der Waals surface area contributed by atoms with Gasteiger partial charge in [0.2, 0.25) is 5.91 Å². The molecule has 7 nitrogen and oxygen atoms in total. The standard InChI is InChI=1S/C22H22N4O3/c1-13-10-14(2)26(25-13)19-9-8-15(11-20(19)29-3)23-21(27)12-18-16-6-4-5-7-17(16)22(28)24-18/h4-11,18H,12H2,1-3H3,(H,23,27)(H,24,28). The molecule has 0 saturated heterocycles. The molecule has 0 fully saturated rings. The number of hydrogen-bond donors (Lipinski definition) is 2. The van der Waals surface area contributed by atoms with Crippen LogP contribution in [0.2, 0.25) is 0 Å². The summed E-state index contributed by atoms with van der Waals surface area (Å²) in [6, 6.07) is 14.4. The maximum atomic E-state index is 12.6. The SMILES string of the molecule is COc1cc(NC(=O)CC2NC(=O)c3ccccc32)ccc1-n1nc(C)cc1C. The molecule has 1 unspecified atom stereocenters. The fourth-order valence-corrected chi connectivity index (χ4v) is 3.68. The molecule has 4 rings (SSSR count). The second-order valence-electron chi connectivity index (χ2n) is 7.09. The van der Waals surface area contributed by atoms with Crippen molar-refractivity contribution in [3.05, 3.63) is 71.0 Å². The van der Waals surface area contributed by atoms with Crippen molar-refractivity contribution in [2.45, 2.75) is 26.3 Å². The quantitative estimate of drug-likeness (QED) is 0.700. The molecule has 2 N–H and O–H groups in total. The third-order valence-electron chi connectivity index (χ3n) is 4.98. The number of fused-ring (bicyclic) bond motifs is 1. The van der Waals surface area contributed by atoms with Crippen LogP contribution >= 0.6 is 0 Å². The van der Waals surface area contributed by atoms with E-state index in [-0.39, 0.29) is 24.3 Å². The Labute approximate surface area is 168 Å². The van der Waals surface area contributed by atoms with Crippen LogP contribution in [0.25, 0.3) is 5.69 Å². The zero-order chi connectivity index (χ0) is 20.5. The van der Waals surface area contributed by atoms with Crippen LogP contribution in [-0.2, 0) is 4.79 Å². The molecule has 1 aliphatic rings. The van der Waals surface area contributed by atoms with E-state index in [0.717, 1.165) is 22.6 Å². The van der Waals surface area contributed by atoms with Crippen LogP contribution < -0.4 is 15.4 Å². The Morgan fingerprint density at radius 1 is 1.21 bits per heavy atom. The molecule has 0 saturated carbocycles. The van der Waals surface area contributed by atoms with Gasteiger partial charge in [-0.05, 0) is 43.7 Å². The number of amides is 2. The highest BCUT2D eigenvalue weighted by atomic mass is 16.5. The van der Waals surface area contributed by atoms with E-state index >= 15 is 0 Å². The number of methoxy groups -OCH3 is 1. The molecule has 3 aromatic rings. The Bertz CT molecular complexity index is 1100. The molecule has 0 aliphatic carbocycles. The van der Waals surface area contributed by atoms with Crippen molar-refractivity contribution in [3.63, 3.8) is 0 Å². The molecular weight excluding hydrogens is 368 g/mol. The normalized spacial score (nSPS) is 15.0. The summed E-state index contributed by atoms with van der Waals surface area (Å²) >= 11 is 0. The number of hydrogen-bond acceptors (Lipinski definition) is 4. The highest BCUT2D eigenvalue weighted by Gasteiger charge is 2.29. The fourth-order valence-electron chi connectivity index (χ4n) is 3.68. The molecule has 0 radical (unpaired) electrons. The van der Waals surface area contributed by atoms with E-state index in [1.54, 1.807) is 19.2 Å². The van der Waals surface area contributed by atoms with Gasteiger partial charge < -0.3 is 15.4 Å². The molecule has 1 aromatic heterocycles. The summed E-state index contributed by atoms with van der Waals surface area (Å²) in [5.41, 5.74) is 4.81. The average molecular weight is 390 g/mol. The molecule has 0 spiro atoms. The number of nitrogens with one attached hydrogen (secondary N) is 2. The predicted molar refractivity (Wildman–Crippen MR) is 109 cm³/mol. The number of anilines is 1. The van der Waals surface area contributed by atoms with Crippen LogP contribution in [-0.4, -0.2) is 28.7 Å². The lowest BCUT2D eigenvalue weighted by Gasteiger charge is -2.14. The van der Waals surface area contributed by atoms with Gasteiger partial charge in [-0.3, -0.25) is 9.59 Å². The summed E-state index contributed by atoms with van der Waals surface area (Å²) in [7, 11) is 1.58. The Hall–Kier alpha value is -3.61. The fraction of sp³-hybridized carbons (Fsp3) is 0.227. The van der Waals surface area contributed by atoms with Crippen LogP contribution in [0.4, 0.5) is 5.69 Å². The molecule has 1 atom stereocenters. The maximum Gasteiger partial charge on any atom is 0.252 e. The monoisotopic (exact) mass is 390 g/mol. The third-order valence-corrected chi connectivity index (χ3v) is 4.98. The van der Waals surface area contributed by atoms with E-state index in [0.29, 0.717) is 17.0 Å². The average Bonchev–Trinajstić information content (AvgIpc) is 3.20. The van der Waals surface area contributed by atoms with Crippen molar-refractivity contribution in [1.29, 1.82) is 0 Å². The summed E-state index contributed by atoms with van der Waals surface area (Å²) in [4.78, 5) is 24.6. The van der Waals surface area contributed by atoms with Crippen molar-refractivity contribution in [2.75, 3.05) is 12.4 Å². The van der Waals surface area contributed by atoms with Gasteiger partial charge in [0.15, 0.2) is 0 Å². The molecule has 2 aromatic carbocycles. The van der Waals surface area contributed by atoms with Crippen molar-refractivity contribution in [3.8, 4) is 11.4 Å². The minimum absolute atomic E-state index is 0.144. The zero-order valence-electron chi connectivity index (χ0n) is 16.5. The predicted octanol–water partition coefficient (Wildman–Crippen LogP) is 3.31. The van der Waals surface area contributed by atoms with Gasteiger partial charge in [0.1, 0.15) is 11.4 Å². The first-order valence-electron chi connectivity index (χ1n) is 9.37. The van der Waals surface area contributed by atoms with Crippen molar-refractivity contribution in [1.82, 2.24) is 15.1 Å². The summed E-state index contributed by atoms with van der Waals surface area (Å²) in [6.45, 7) is 3.91. The van der Waals surface area contributed by atoms with Crippen molar-refractivity contribution in [2.24, 2.45) is 0 Å². The zero-order valence-corrected chi connectivity index (χ0v) is 16.5. The number of nitrogens with zero attached hydrogens (tertiary/aromatic N) is 2. The van der Waals surface area contributed by atoms with Crippen LogP contribution in [0.1, 0.15) is 39.8 Å². The Morgan fingerprint density at radius 2 is 2.00 bits per heavy atom. The van der Waals surface area contributed by atoms with Crippen LogP contribution in [0.3, 0.4) is 0 Å². The number of aryl methyl sites for hydroxylation is 2. The lowest BCUT2D eigenvalue weighted by Crippen LogP contribution is -2.24. The maximum absolute atomic E-state index is 12.6. The molecular formula is C22H22N4O3. The number of rotatable bonds is 5. The van der Waals surface area contributed by atoms with E-state index < -0.39 is 0 Å². The molecule has 0 bridgehead atoms. The summed E-state index contributed by atoms with van der Waals surface area (Å²) in [5, 5.41) is 10.2. The second-order valence-corrected chi connectivity index (χ2v) is 7.09. The number of carbonyl (C=O) groups excluding carboxylic acids is 2. The minimum Gasteiger partial charge on any atom is -0.494 e. The first kappa shape index (κ1) is 18.7. The Morgan fingerprint density at radius 3 is 2.72 bits per heavy atom. The largest absolute Gasteiger partial charge is 0.494 e. The molecule has 2 heterocycles. The van der Waals surface area contributed by atoms with Gasteiger partial charge in [-0.2, -0.15) is 5.10 Å². The molecule has 2 amide bonds. The Balaban J connectivity index is 1.51. The van der Waals surface area contributed by atoms with Gasteiger partial charge in [0.25, 0.3) is 5.91 Å². The third kappa shape index (κ3) is 3.59. The molecule has 7 heteroatoms. The van der Waals surface area contributed by atoms with Crippen LogP contribution in [0, 0.1) is 13.8 Å². The van der Waals surface area contributed by atoms with E-state index in [1.165, 1.54) is 0 Å². The summed E-state index contributed by atoms with van der Waals surface area (Å²) < 4.78 is 7.32. The van der Waals surface area contributed by atoms with Gasteiger partial charge in [0, 0.05) is 23.0 Å². The molecule has 29 heavy (non-hydrogen) atoms.